The average Bonchev–Trinajstić information content (AvgIpc) is 3.01. The molecule has 5 nitrogen and oxygen atoms in total. The summed E-state index contributed by atoms with van der Waals surface area (Å²) in [6, 6.07) is 9.35. The number of benzene rings is 1. The third-order valence-corrected chi connectivity index (χ3v) is 5.32. The predicted octanol–water partition coefficient (Wildman–Crippen LogP) is 3.67. The molecule has 2 aliphatic rings. The van der Waals surface area contributed by atoms with Crippen molar-refractivity contribution < 1.29 is 9.53 Å². The number of hydrogen-bond acceptors (Lipinski definition) is 3. The molecule has 2 saturated heterocycles. The van der Waals surface area contributed by atoms with Crippen molar-refractivity contribution in [2.24, 2.45) is 0 Å². The van der Waals surface area contributed by atoms with Crippen LogP contribution in [0.25, 0.3) is 11.0 Å². The molecule has 0 radical (unpaired) electrons. The van der Waals surface area contributed by atoms with Crippen LogP contribution < -0.4 is 0 Å². The Labute approximate surface area is 136 Å². The maximum absolute atomic E-state index is 12.2. The third kappa shape index (κ3) is 2.30. The van der Waals surface area contributed by atoms with E-state index in [0.717, 1.165) is 37.0 Å². The van der Waals surface area contributed by atoms with Gasteiger partial charge in [-0.05, 0) is 51.7 Å². The number of rotatable bonds is 2. The van der Waals surface area contributed by atoms with Crippen LogP contribution in [0.15, 0.2) is 24.3 Å². The van der Waals surface area contributed by atoms with Crippen molar-refractivity contribution in [1.82, 2.24) is 14.5 Å². The lowest BCUT2D eigenvalue weighted by Gasteiger charge is -2.39. The molecule has 23 heavy (non-hydrogen) atoms. The minimum atomic E-state index is -0.134. The Kier molecular flexibility index (Phi) is 3.51. The number of aryl methyl sites for hydroxylation is 1. The maximum Gasteiger partial charge on any atom is 0.410 e. The van der Waals surface area contributed by atoms with Crippen molar-refractivity contribution in [3.8, 4) is 0 Å². The number of aromatic nitrogens is 2. The minimum Gasteiger partial charge on any atom is -0.450 e. The summed E-state index contributed by atoms with van der Waals surface area (Å²) in [7, 11) is 0. The van der Waals surface area contributed by atoms with Crippen molar-refractivity contribution in [1.29, 1.82) is 0 Å². The fourth-order valence-corrected chi connectivity index (χ4v) is 4.48. The van der Waals surface area contributed by atoms with Gasteiger partial charge in [-0.2, -0.15) is 0 Å². The number of carbonyl (C=O) groups is 1. The summed E-state index contributed by atoms with van der Waals surface area (Å²) in [6.45, 7) is 4.40. The largest absolute Gasteiger partial charge is 0.450 e. The van der Waals surface area contributed by atoms with Crippen LogP contribution in [-0.2, 0) is 4.74 Å². The van der Waals surface area contributed by atoms with E-state index in [1.54, 1.807) is 0 Å². The summed E-state index contributed by atoms with van der Waals surface area (Å²) in [4.78, 5) is 18.9. The normalized spacial score (nSPS) is 26.7. The molecular weight excluding hydrogens is 290 g/mol. The van der Waals surface area contributed by atoms with Gasteiger partial charge in [0.15, 0.2) is 0 Å². The van der Waals surface area contributed by atoms with Gasteiger partial charge in [-0.3, -0.25) is 0 Å². The monoisotopic (exact) mass is 313 g/mol. The van der Waals surface area contributed by atoms with Gasteiger partial charge < -0.3 is 14.2 Å². The molecule has 1 aromatic heterocycles. The van der Waals surface area contributed by atoms with Gasteiger partial charge in [0.05, 0.1) is 17.6 Å². The molecule has 2 unspecified atom stereocenters. The van der Waals surface area contributed by atoms with Crippen LogP contribution in [0.1, 0.15) is 44.5 Å². The Morgan fingerprint density at radius 1 is 1.22 bits per heavy atom. The first-order valence-corrected chi connectivity index (χ1v) is 8.57. The highest BCUT2D eigenvalue weighted by Gasteiger charge is 2.44. The van der Waals surface area contributed by atoms with Crippen LogP contribution in [0.2, 0.25) is 0 Å². The molecule has 2 aromatic rings. The van der Waals surface area contributed by atoms with Crippen molar-refractivity contribution in [3.63, 3.8) is 0 Å². The minimum absolute atomic E-state index is 0.134. The third-order valence-electron chi connectivity index (χ3n) is 5.32. The van der Waals surface area contributed by atoms with Crippen molar-refractivity contribution in [2.45, 2.75) is 57.7 Å². The van der Waals surface area contributed by atoms with E-state index < -0.39 is 0 Å². The number of fused-ring (bicyclic) bond motifs is 3. The Morgan fingerprint density at radius 3 is 2.61 bits per heavy atom. The number of hydrogen-bond donors (Lipinski definition) is 0. The summed E-state index contributed by atoms with van der Waals surface area (Å²) in [5.74, 6) is 1.07. The Hall–Kier alpha value is -2.04. The SMILES string of the molecule is CCOC(=O)N1C2CCC1CC(n1c(C)nc3ccccc31)C2. The first-order valence-electron chi connectivity index (χ1n) is 8.57. The topological polar surface area (TPSA) is 47.4 Å². The first kappa shape index (κ1) is 14.5. The van der Waals surface area contributed by atoms with Crippen LogP contribution >= 0.6 is 0 Å². The smallest absolute Gasteiger partial charge is 0.410 e. The van der Waals surface area contributed by atoms with Crippen LogP contribution in [0.5, 0.6) is 0 Å². The van der Waals surface area contributed by atoms with E-state index in [4.69, 9.17) is 9.72 Å². The molecule has 2 atom stereocenters. The summed E-state index contributed by atoms with van der Waals surface area (Å²) in [5, 5.41) is 0. The predicted molar refractivity (Wildman–Crippen MR) is 88.4 cm³/mol. The molecule has 4 rings (SSSR count). The Balaban J connectivity index is 1.63. The van der Waals surface area contributed by atoms with E-state index >= 15 is 0 Å². The standard InChI is InChI=1S/C18H23N3O2/c1-3-23-18(22)21-13-8-9-14(21)11-15(10-13)20-12(2)19-16-6-4-5-7-17(16)20/h4-7,13-15H,3,8-11H2,1-2H3. The number of ether oxygens (including phenoxy) is 1. The summed E-state index contributed by atoms with van der Waals surface area (Å²) in [6.07, 6.45) is 4.04. The molecule has 3 heterocycles. The second-order valence-corrected chi connectivity index (χ2v) is 6.63. The van der Waals surface area contributed by atoms with E-state index in [-0.39, 0.29) is 6.09 Å². The maximum atomic E-state index is 12.2. The first-order chi connectivity index (χ1) is 11.2. The molecule has 1 amide bonds. The van der Waals surface area contributed by atoms with Gasteiger partial charge in [-0.1, -0.05) is 12.1 Å². The quantitative estimate of drug-likeness (QED) is 0.850. The van der Waals surface area contributed by atoms with E-state index in [1.807, 2.05) is 17.9 Å². The zero-order valence-corrected chi connectivity index (χ0v) is 13.7. The van der Waals surface area contributed by atoms with Gasteiger partial charge in [-0.25, -0.2) is 9.78 Å². The van der Waals surface area contributed by atoms with Gasteiger partial charge in [-0.15, -0.1) is 0 Å². The number of nitrogens with zero attached hydrogens (tertiary/aromatic N) is 3. The molecule has 5 heteroatoms. The molecule has 122 valence electrons. The van der Waals surface area contributed by atoms with Crippen LogP contribution in [0.4, 0.5) is 4.79 Å². The van der Waals surface area contributed by atoms with Crippen LogP contribution in [0.3, 0.4) is 0 Å². The van der Waals surface area contributed by atoms with Gasteiger partial charge in [0, 0.05) is 18.1 Å². The van der Waals surface area contributed by atoms with Crippen molar-refractivity contribution >= 4 is 17.1 Å². The van der Waals surface area contributed by atoms with E-state index in [2.05, 4.69) is 29.7 Å². The molecule has 0 N–H and O–H groups in total. The molecule has 0 saturated carbocycles. The number of amides is 1. The molecular formula is C18H23N3O2. The summed E-state index contributed by atoms with van der Waals surface area (Å²) in [5.41, 5.74) is 2.27. The van der Waals surface area contributed by atoms with Gasteiger partial charge in [0.25, 0.3) is 0 Å². The lowest BCUT2D eigenvalue weighted by atomic mass is 9.97. The fraction of sp³-hybridized carbons (Fsp3) is 0.556. The highest BCUT2D eigenvalue weighted by Crippen LogP contribution is 2.42. The van der Waals surface area contributed by atoms with E-state index in [1.165, 1.54) is 5.52 Å². The van der Waals surface area contributed by atoms with Crippen LogP contribution in [-0.4, -0.2) is 39.2 Å². The zero-order valence-electron chi connectivity index (χ0n) is 13.7. The summed E-state index contributed by atoms with van der Waals surface area (Å²) < 4.78 is 7.63. The molecule has 1 aromatic carbocycles. The second kappa shape index (κ2) is 5.55. The Bertz CT molecular complexity index is 725. The number of piperidine rings is 1. The fourth-order valence-electron chi connectivity index (χ4n) is 4.48. The lowest BCUT2D eigenvalue weighted by Crippen LogP contribution is -2.47. The lowest BCUT2D eigenvalue weighted by molar-refractivity contribution is 0.0623. The zero-order chi connectivity index (χ0) is 16.0. The Morgan fingerprint density at radius 2 is 1.91 bits per heavy atom. The van der Waals surface area contributed by atoms with Crippen molar-refractivity contribution in [2.75, 3.05) is 6.61 Å². The van der Waals surface area contributed by atoms with Crippen molar-refractivity contribution in [3.05, 3.63) is 30.1 Å². The van der Waals surface area contributed by atoms with E-state index in [9.17, 15) is 4.79 Å². The number of imidazole rings is 1. The molecule has 0 aliphatic carbocycles. The van der Waals surface area contributed by atoms with Crippen LogP contribution in [0, 0.1) is 6.92 Å². The second-order valence-electron chi connectivity index (χ2n) is 6.63. The number of para-hydroxylation sites is 2. The summed E-state index contributed by atoms with van der Waals surface area (Å²) >= 11 is 0. The molecule has 0 spiro atoms. The van der Waals surface area contributed by atoms with E-state index in [0.29, 0.717) is 24.7 Å². The highest BCUT2D eigenvalue weighted by atomic mass is 16.6. The number of carbonyl (C=O) groups excluding carboxylic acids is 1. The molecule has 2 aliphatic heterocycles. The molecule has 2 fully saturated rings. The average molecular weight is 313 g/mol. The van der Waals surface area contributed by atoms with Gasteiger partial charge >= 0.3 is 6.09 Å². The highest BCUT2D eigenvalue weighted by molar-refractivity contribution is 5.76. The van der Waals surface area contributed by atoms with Gasteiger partial charge in [0.2, 0.25) is 0 Å². The molecule has 2 bridgehead atoms. The van der Waals surface area contributed by atoms with Gasteiger partial charge in [0.1, 0.15) is 5.82 Å².